The minimum absolute atomic E-state index is 0.0466. The second-order valence-corrected chi connectivity index (χ2v) is 9.27. The SMILES string of the molecule is COC[C@H]1OC(=O)c2coc3c2[C@@]1(C)C1=C(C3=O)[C@@H]2CCC(=O)[C@@]2(C)CC1C(=O)OC. The normalized spacial score (nSPS) is 36.0. The molecule has 0 aromatic carbocycles. The first-order valence-corrected chi connectivity index (χ1v) is 10.4. The maximum atomic E-state index is 13.7. The van der Waals surface area contributed by atoms with Crippen molar-refractivity contribution >= 4 is 23.5 Å². The quantitative estimate of drug-likeness (QED) is 0.675. The fourth-order valence-corrected chi connectivity index (χ4v) is 6.40. The smallest absolute Gasteiger partial charge is 0.342 e. The molecule has 4 aliphatic rings. The fourth-order valence-electron chi connectivity index (χ4n) is 6.40. The Morgan fingerprint density at radius 2 is 1.97 bits per heavy atom. The lowest BCUT2D eigenvalue weighted by atomic mass is 9.52. The average Bonchev–Trinajstić information content (AvgIpc) is 3.32. The van der Waals surface area contributed by atoms with Crippen molar-refractivity contribution in [3.8, 4) is 0 Å². The highest BCUT2D eigenvalue weighted by Crippen LogP contribution is 2.62. The first-order chi connectivity index (χ1) is 14.7. The highest BCUT2D eigenvalue weighted by atomic mass is 16.6. The van der Waals surface area contributed by atoms with Crippen LogP contribution in [0.25, 0.3) is 0 Å². The number of methoxy groups -OCH3 is 2. The van der Waals surface area contributed by atoms with E-state index in [9.17, 15) is 19.2 Å². The van der Waals surface area contributed by atoms with Crippen molar-refractivity contribution in [2.45, 2.75) is 44.6 Å². The van der Waals surface area contributed by atoms with Gasteiger partial charge in [-0.05, 0) is 25.3 Å². The topological polar surface area (TPSA) is 109 Å². The van der Waals surface area contributed by atoms with Crippen LogP contribution in [0.2, 0.25) is 0 Å². The molecule has 1 fully saturated rings. The number of allylic oxidation sites excluding steroid dienone is 1. The van der Waals surface area contributed by atoms with Crippen molar-refractivity contribution in [3.05, 3.63) is 34.3 Å². The predicted octanol–water partition coefficient (Wildman–Crippen LogP) is 2.39. The Hall–Kier alpha value is -2.74. The van der Waals surface area contributed by atoms with Crippen molar-refractivity contribution in [1.82, 2.24) is 0 Å². The first kappa shape index (κ1) is 20.2. The van der Waals surface area contributed by atoms with Gasteiger partial charge in [0.15, 0.2) is 5.76 Å². The zero-order valence-corrected chi connectivity index (χ0v) is 17.9. The maximum absolute atomic E-state index is 13.7. The molecule has 8 heteroatoms. The van der Waals surface area contributed by atoms with E-state index in [-0.39, 0.29) is 41.8 Å². The first-order valence-electron chi connectivity index (χ1n) is 10.4. The standard InChI is InChI=1S/C23H24O8/c1-22-7-10(20(26)29-4)16-15(12(22)5-6-13(22)24)18(25)19-17-11(8-30-19)21(27)31-14(9-28-3)23(16,17)2/h8,10,12,14H,5-7,9H2,1-4H3/t10?,12-,14+,22-,23+/m0/s1. The second kappa shape index (κ2) is 6.38. The summed E-state index contributed by atoms with van der Waals surface area (Å²) < 4.78 is 21.8. The molecular weight excluding hydrogens is 404 g/mol. The number of rotatable bonds is 3. The fraction of sp³-hybridized carbons (Fsp3) is 0.565. The molecule has 0 saturated heterocycles. The molecule has 2 heterocycles. The summed E-state index contributed by atoms with van der Waals surface area (Å²) in [6.07, 6.45) is 1.61. The lowest BCUT2D eigenvalue weighted by Gasteiger charge is -2.51. The van der Waals surface area contributed by atoms with Crippen LogP contribution < -0.4 is 0 Å². The number of cyclic esters (lactones) is 1. The third-order valence-corrected chi connectivity index (χ3v) is 7.92. The number of fused-ring (bicyclic) bond motifs is 3. The summed E-state index contributed by atoms with van der Waals surface area (Å²) in [7, 11) is 2.79. The van der Waals surface area contributed by atoms with Gasteiger partial charge in [0.05, 0.1) is 25.0 Å². The Kier molecular flexibility index (Phi) is 4.16. The van der Waals surface area contributed by atoms with E-state index in [2.05, 4.69) is 0 Å². The number of ketones is 2. The van der Waals surface area contributed by atoms with Crippen molar-refractivity contribution in [2.75, 3.05) is 20.8 Å². The highest BCUT2D eigenvalue weighted by molar-refractivity contribution is 6.15. The Morgan fingerprint density at radius 3 is 2.65 bits per heavy atom. The molecule has 1 aromatic rings. The van der Waals surface area contributed by atoms with Crippen LogP contribution >= 0.6 is 0 Å². The van der Waals surface area contributed by atoms with Crippen LogP contribution in [0.5, 0.6) is 0 Å². The summed E-state index contributed by atoms with van der Waals surface area (Å²) in [6.45, 7) is 3.77. The Balaban J connectivity index is 1.85. The molecule has 5 atom stereocenters. The highest BCUT2D eigenvalue weighted by Gasteiger charge is 2.64. The van der Waals surface area contributed by atoms with Crippen LogP contribution in [0.1, 0.15) is 59.6 Å². The molecule has 1 unspecified atom stereocenters. The summed E-state index contributed by atoms with van der Waals surface area (Å²) >= 11 is 0. The third kappa shape index (κ3) is 2.28. The number of furan rings is 1. The van der Waals surface area contributed by atoms with Crippen LogP contribution in [0.3, 0.4) is 0 Å². The van der Waals surface area contributed by atoms with Gasteiger partial charge in [0.1, 0.15) is 23.7 Å². The number of esters is 2. The Labute approximate surface area is 178 Å². The summed E-state index contributed by atoms with van der Waals surface area (Å²) in [5.41, 5.74) is -0.216. The van der Waals surface area contributed by atoms with Gasteiger partial charge in [-0.3, -0.25) is 14.4 Å². The number of hydrogen-bond donors (Lipinski definition) is 0. The van der Waals surface area contributed by atoms with Gasteiger partial charge in [0.25, 0.3) is 0 Å². The van der Waals surface area contributed by atoms with Crippen LogP contribution in [-0.2, 0) is 29.2 Å². The van der Waals surface area contributed by atoms with Gasteiger partial charge in [-0.2, -0.15) is 0 Å². The van der Waals surface area contributed by atoms with E-state index in [1.807, 2.05) is 13.8 Å². The molecule has 0 radical (unpaired) electrons. The molecule has 0 N–H and O–H groups in total. The van der Waals surface area contributed by atoms with Crippen molar-refractivity contribution in [2.24, 2.45) is 17.3 Å². The van der Waals surface area contributed by atoms with E-state index in [0.717, 1.165) is 0 Å². The van der Waals surface area contributed by atoms with E-state index >= 15 is 0 Å². The Morgan fingerprint density at radius 1 is 1.23 bits per heavy atom. The van der Waals surface area contributed by atoms with Crippen molar-refractivity contribution in [1.29, 1.82) is 0 Å². The third-order valence-electron chi connectivity index (χ3n) is 7.92. The molecule has 5 rings (SSSR count). The molecule has 1 aliphatic heterocycles. The molecule has 164 valence electrons. The van der Waals surface area contributed by atoms with Gasteiger partial charge < -0.3 is 18.6 Å². The van der Waals surface area contributed by atoms with Gasteiger partial charge in [0.2, 0.25) is 5.78 Å². The van der Waals surface area contributed by atoms with Crippen molar-refractivity contribution < 1.29 is 37.8 Å². The Bertz CT molecular complexity index is 1080. The summed E-state index contributed by atoms with van der Waals surface area (Å²) in [5.74, 6) is -2.48. The monoisotopic (exact) mass is 428 g/mol. The van der Waals surface area contributed by atoms with Crippen LogP contribution in [0.15, 0.2) is 21.8 Å². The summed E-state index contributed by atoms with van der Waals surface area (Å²) in [4.78, 5) is 52.2. The molecule has 0 spiro atoms. The van der Waals surface area contributed by atoms with Gasteiger partial charge in [-0.1, -0.05) is 6.92 Å². The van der Waals surface area contributed by atoms with E-state index in [1.165, 1.54) is 20.5 Å². The summed E-state index contributed by atoms with van der Waals surface area (Å²) in [5, 5.41) is 0. The van der Waals surface area contributed by atoms with Gasteiger partial charge in [-0.15, -0.1) is 0 Å². The van der Waals surface area contributed by atoms with Gasteiger partial charge >= 0.3 is 11.9 Å². The zero-order valence-electron chi connectivity index (χ0n) is 17.9. The molecule has 0 bridgehead atoms. The largest absolute Gasteiger partial charge is 0.469 e. The lowest BCUT2D eigenvalue weighted by Crippen LogP contribution is -2.56. The molecule has 0 amide bonds. The molecule has 1 aromatic heterocycles. The molecule has 3 aliphatic carbocycles. The average molecular weight is 428 g/mol. The van der Waals surface area contributed by atoms with E-state index in [1.54, 1.807) is 0 Å². The minimum Gasteiger partial charge on any atom is -0.469 e. The number of hydrogen-bond acceptors (Lipinski definition) is 8. The van der Waals surface area contributed by atoms with Gasteiger partial charge in [-0.25, -0.2) is 4.79 Å². The number of ether oxygens (including phenoxy) is 3. The van der Waals surface area contributed by atoms with Crippen LogP contribution in [0, 0.1) is 17.3 Å². The number of carbonyl (C=O) groups is 4. The second-order valence-electron chi connectivity index (χ2n) is 9.27. The van der Waals surface area contributed by atoms with Crippen LogP contribution in [-0.4, -0.2) is 50.4 Å². The lowest BCUT2D eigenvalue weighted by molar-refractivity contribution is -0.147. The number of Topliss-reactive ketones (excluding diaryl/α,β-unsaturated/α-hetero) is 2. The summed E-state index contributed by atoms with van der Waals surface area (Å²) in [6, 6.07) is 0. The molecule has 31 heavy (non-hydrogen) atoms. The predicted molar refractivity (Wildman–Crippen MR) is 104 cm³/mol. The molecular formula is C23H24O8. The van der Waals surface area contributed by atoms with E-state index in [4.69, 9.17) is 18.6 Å². The van der Waals surface area contributed by atoms with Crippen LogP contribution in [0.4, 0.5) is 0 Å². The zero-order chi connectivity index (χ0) is 22.3. The maximum Gasteiger partial charge on any atom is 0.342 e. The van der Waals surface area contributed by atoms with E-state index < -0.39 is 34.8 Å². The molecule has 1 saturated carbocycles. The van der Waals surface area contributed by atoms with Crippen molar-refractivity contribution in [3.63, 3.8) is 0 Å². The van der Waals surface area contributed by atoms with Gasteiger partial charge in [0, 0.05) is 36.0 Å². The minimum atomic E-state index is -1.02. The molecule has 8 nitrogen and oxygen atoms in total. The number of carbonyl (C=O) groups excluding carboxylic acids is 4. The van der Waals surface area contributed by atoms with E-state index in [0.29, 0.717) is 29.6 Å².